The summed E-state index contributed by atoms with van der Waals surface area (Å²) in [6.45, 7) is 5.29. The van der Waals surface area contributed by atoms with Crippen molar-refractivity contribution in [3.8, 4) is 22.5 Å². The molecule has 0 aliphatic carbocycles. The molecule has 0 unspecified atom stereocenters. The summed E-state index contributed by atoms with van der Waals surface area (Å²) in [5, 5.41) is 16.6. The molecule has 5 aromatic rings. The summed E-state index contributed by atoms with van der Waals surface area (Å²) in [7, 11) is 3.67. The largest absolute Gasteiger partial charge is 0.392 e. The molecule has 1 saturated heterocycles. The summed E-state index contributed by atoms with van der Waals surface area (Å²) in [5.74, 6) is -0.567. The molecule has 0 spiro atoms. The highest BCUT2D eigenvalue weighted by atomic mass is 19.1. The molecule has 12 heteroatoms. The van der Waals surface area contributed by atoms with Gasteiger partial charge in [-0.3, -0.25) is 14.7 Å². The Hall–Kier alpha value is -4.75. The number of fused-ring (bicyclic) bond motifs is 1. The van der Waals surface area contributed by atoms with Crippen molar-refractivity contribution in [3.05, 3.63) is 84.6 Å². The van der Waals surface area contributed by atoms with Gasteiger partial charge in [-0.15, -0.1) is 0 Å². The molecule has 0 radical (unpaired) electrons. The average Bonchev–Trinajstić information content (AvgIpc) is 3.51. The van der Waals surface area contributed by atoms with E-state index in [1.165, 1.54) is 0 Å². The number of piperazine rings is 1. The summed E-state index contributed by atoms with van der Waals surface area (Å²) in [5.41, 5.74) is 3.94. The highest BCUT2D eigenvalue weighted by Crippen LogP contribution is 2.34. The van der Waals surface area contributed by atoms with E-state index >= 15 is 4.39 Å². The molecule has 1 aliphatic rings. The van der Waals surface area contributed by atoms with Crippen molar-refractivity contribution in [1.29, 1.82) is 0 Å². The molecule has 46 heavy (non-hydrogen) atoms. The van der Waals surface area contributed by atoms with Crippen molar-refractivity contribution >= 4 is 34.1 Å². The topological polar surface area (TPSA) is 132 Å². The van der Waals surface area contributed by atoms with Crippen molar-refractivity contribution in [3.63, 3.8) is 0 Å². The second-order valence-electron chi connectivity index (χ2n) is 11.6. The Morgan fingerprint density at radius 1 is 1.04 bits per heavy atom. The summed E-state index contributed by atoms with van der Waals surface area (Å²) < 4.78 is 20.7. The number of methoxy groups -OCH3 is 1. The summed E-state index contributed by atoms with van der Waals surface area (Å²) in [4.78, 5) is 34.5. The molecule has 0 bridgehead atoms. The predicted octanol–water partition coefficient (Wildman–Crippen LogP) is 4.65. The zero-order valence-electron chi connectivity index (χ0n) is 26.0. The molecule has 0 saturated carbocycles. The Balaban J connectivity index is 1.24. The summed E-state index contributed by atoms with van der Waals surface area (Å²) in [6.07, 6.45) is 4.44. The molecule has 4 heterocycles. The van der Waals surface area contributed by atoms with Gasteiger partial charge < -0.3 is 30.4 Å². The molecule has 4 N–H and O–H groups in total. The van der Waals surface area contributed by atoms with Crippen molar-refractivity contribution in [2.24, 2.45) is 0 Å². The summed E-state index contributed by atoms with van der Waals surface area (Å²) >= 11 is 0. The fourth-order valence-electron chi connectivity index (χ4n) is 5.87. The van der Waals surface area contributed by atoms with E-state index in [9.17, 15) is 9.90 Å². The number of anilines is 3. The molecule has 2 aromatic carbocycles. The Morgan fingerprint density at radius 3 is 2.59 bits per heavy atom. The molecular weight excluding hydrogens is 587 g/mol. The van der Waals surface area contributed by atoms with E-state index in [1.807, 2.05) is 61.5 Å². The van der Waals surface area contributed by atoms with Crippen LogP contribution in [0.1, 0.15) is 12.5 Å². The number of halogens is 1. The number of benzene rings is 2. The maximum atomic E-state index is 15.2. The number of H-pyrrole nitrogens is 1. The van der Waals surface area contributed by atoms with E-state index in [-0.39, 0.29) is 30.8 Å². The van der Waals surface area contributed by atoms with Gasteiger partial charge in [0.1, 0.15) is 11.2 Å². The maximum Gasteiger partial charge on any atom is 0.247 e. The lowest BCUT2D eigenvalue weighted by molar-refractivity contribution is -0.132. The van der Waals surface area contributed by atoms with Crippen LogP contribution in [0.5, 0.6) is 0 Å². The number of nitrogens with zero attached hydrogens (tertiary/aromatic N) is 5. The highest BCUT2D eigenvalue weighted by molar-refractivity contribution is 6.07. The van der Waals surface area contributed by atoms with Crippen LogP contribution < -0.4 is 10.6 Å². The van der Waals surface area contributed by atoms with Crippen LogP contribution in [0.25, 0.3) is 33.4 Å². The van der Waals surface area contributed by atoms with Gasteiger partial charge in [-0.05, 0) is 37.7 Å². The van der Waals surface area contributed by atoms with Gasteiger partial charge in [-0.1, -0.05) is 36.4 Å². The van der Waals surface area contributed by atoms with Gasteiger partial charge >= 0.3 is 0 Å². The van der Waals surface area contributed by atoms with E-state index in [1.54, 1.807) is 19.5 Å². The fraction of sp³-hybridized carbons (Fsp3) is 0.294. The van der Waals surface area contributed by atoms with Crippen LogP contribution in [-0.4, -0.2) is 93.2 Å². The number of aromatic nitrogens is 4. The Kier molecular flexibility index (Phi) is 9.04. The minimum Gasteiger partial charge on any atom is -0.392 e. The molecule has 1 amide bonds. The Bertz CT molecular complexity index is 1840. The molecule has 6 rings (SSSR count). The Morgan fingerprint density at radius 2 is 1.85 bits per heavy atom. The molecule has 1 atom stereocenters. The number of hydrogen-bond acceptors (Lipinski definition) is 9. The van der Waals surface area contributed by atoms with Gasteiger partial charge in [-0.2, -0.15) is 0 Å². The van der Waals surface area contributed by atoms with Gasteiger partial charge in [0.2, 0.25) is 11.9 Å². The van der Waals surface area contributed by atoms with Gasteiger partial charge in [0.15, 0.2) is 5.82 Å². The maximum absolute atomic E-state index is 15.2. The molecule has 1 aliphatic heterocycles. The van der Waals surface area contributed by atoms with Crippen molar-refractivity contribution in [2.75, 3.05) is 57.6 Å². The third-order valence-electron chi connectivity index (χ3n) is 8.56. The fourth-order valence-corrected chi connectivity index (χ4v) is 5.87. The minimum absolute atomic E-state index is 0.0877. The first-order valence-electron chi connectivity index (χ1n) is 15.1. The first kappa shape index (κ1) is 31.2. The first-order chi connectivity index (χ1) is 22.3. The van der Waals surface area contributed by atoms with Crippen LogP contribution in [0.3, 0.4) is 0 Å². The molecule has 238 valence electrons. The van der Waals surface area contributed by atoms with E-state index < -0.39 is 11.4 Å². The number of rotatable bonds is 10. The number of aromatic amines is 1. The van der Waals surface area contributed by atoms with Gasteiger partial charge in [-0.25, -0.2) is 14.4 Å². The number of hydrogen-bond donors (Lipinski definition) is 4. The standard InChI is InChI=1S/C34H37FN8O3/c1-34(21-46-3,43-15-13-42(2)14-16-43)32(45)40-29-10-6-9-25-26(18-37-31(25)29)30-27(35)19-38-33(41-30)39-23-11-12-28(36-17-23)24-8-5-4-7-22(24)20-44/h4-12,17-19,37,44H,13-16,20-21H2,1-3H3,(H,40,45)(H,38,39,41)/t34-/m1/s1. The number of aliphatic hydroxyl groups excluding tert-OH is 1. The lowest BCUT2D eigenvalue weighted by atomic mass is 9.98. The van der Waals surface area contributed by atoms with E-state index in [2.05, 4.69) is 47.4 Å². The lowest BCUT2D eigenvalue weighted by Gasteiger charge is -2.43. The second-order valence-corrected chi connectivity index (χ2v) is 11.6. The Labute approximate surface area is 266 Å². The van der Waals surface area contributed by atoms with Gasteiger partial charge in [0, 0.05) is 56.0 Å². The lowest BCUT2D eigenvalue weighted by Crippen LogP contribution is -2.62. The van der Waals surface area contributed by atoms with Crippen molar-refractivity contribution in [1.82, 2.24) is 29.7 Å². The SMILES string of the molecule is COC[C@](C)(C(=O)Nc1cccc2c(-c3nc(Nc4ccc(-c5ccccc5CO)nc4)ncc3F)c[nH]c12)N1CCN(C)CC1. The van der Waals surface area contributed by atoms with E-state index in [0.29, 0.717) is 33.5 Å². The number of amides is 1. The van der Waals surface area contributed by atoms with Gasteiger partial charge in [0.05, 0.1) is 48.2 Å². The van der Waals surface area contributed by atoms with Crippen molar-refractivity contribution < 1.29 is 19.0 Å². The van der Waals surface area contributed by atoms with E-state index in [4.69, 9.17) is 4.74 Å². The first-order valence-corrected chi connectivity index (χ1v) is 15.1. The van der Waals surface area contributed by atoms with Crippen LogP contribution in [0.15, 0.2) is 73.2 Å². The van der Waals surface area contributed by atoms with E-state index in [0.717, 1.165) is 43.5 Å². The number of likely N-dealkylation sites (N-methyl/N-ethyl adjacent to an activating group) is 1. The van der Waals surface area contributed by atoms with Crippen LogP contribution in [0.2, 0.25) is 0 Å². The highest BCUT2D eigenvalue weighted by Gasteiger charge is 2.41. The molecular formula is C34H37FN8O3. The van der Waals surface area contributed by atoms with Gasteiger partial charge in [0.25, 0.3) is 0 Å². The predicted molar refractivity (Wildman–Crippen MR) is 176 cm³/mol. The van der Waals surface area contributed by atoms with Crippen LogP contribution in [0.4, 0.5) is 21.7 Å². The summed E-state index contributed by atoms with van der Waals surface area (Å²) in [6, 6.07) is 16.7. The number of carbonyl (C=O) groups is 1. The number of ether oxygens (including phenoxy) is 1. The quantitative estimate of drug-likeness (QED) is 0.175. The zero-order chi connectivity index (χ0) is 32.3. The third kappa shape index (κ3) is 6.20. The zero-order valence-corrected chi connectivity index (χ0v) is 26.0. The van der Waals surface area contributed by atoms with Crippen molar-refractivity contribution in [2.45, 2.75) is 19.1 Å². The molecule has 1 fully saturated rings. The van der Waals surface area contributed by atoms with Crippen LogP contribution in [-0.2, 0) is 16.1 Å². The van der Waals surface area contributed by atoms with Crippen LogP contribution >= 0.6 is 0 Å². The third-order valence-corrected chi connectivity index (χ3v) is 8.56. The minimum atomic E-state index is -0.873. The number of para-hydroxylation sites is 1. The monoisotopic (exact) mass is 624 g/mol. The smallest absolute Gasteiger partial charge is 0.247 e. The number of pyridine rings is 1. The molecule has 3 aromatic heterocycles. The van der Waals surface area contributed by atoms with Crippen LogP contribution in [0, 0.1) is 5.82 Å². The number of aliphatic hydroxyl groups is 1. The number of carbonyl (C=O) groups excluding carboxylic acids is 1. The average molecular weight is 625 g/mol. The molecule has 11 nitrogen and oxygen atoms in total. The normalized spacial score (nSPS) is 15.5. The number of nitrogens with one attached hydrogen (secondary N) is 3. The second kappa shape index (κ2) is 13.3.